The molecule has 0 saturated carbocycles. The molecule has 134 valence electrons. The van der Waals surface area contributed by atoms with Crippen LogP contribution in [0.5, 0.6) is 0 Å². The second-order valence-corrected chi connectivity index (χ2v) is 6.84. The Balaban J connectivity index is 1.61. The molecule has 0 aliphatic heterocycles. The van der Waals surface area contributed by atoms with Crippen LogP contribution in [0.4, 0.5) is 5.69 Å². The van der Waals surface area contributed by atoms with Crippen LogP contribution in [0.2, 0.25) is 0 Å². The van der Waals surface area contributed by atoms with Crippen LogP contribution in [0.15, 0.2) is 71.4 Å². The number of hydrogen-bond donors (Lipinski definition) is 2. The van der Waals surface area contributed by atoms with E-state index in [2.05, 4.69) is 40.6 Å². The Morgan fingerprint density at radius 3 is 2.81 bits per heavy atom. The minimum atomic E-state index is -0.157. The standard InChI is InChI=1S/C22H25N3O/c1-15(2)18-12-11-16(3)21(13-18)24-25-22(26)14-23-20-10-6-8-17-7-4-5-9-19(17)20/h4-11,18,23H,1,12-14H2,2-3H3,(H,25,26)/t18-/m1/s1. The third-order valence-electron chi connectivity index (χ3n) is 4.85. The molecule has 1 atom stereocenters. The molecule has 2 N–H and O–H groups in total. The molecule has 1 aliphatic carbocycles. The Morgan fingerprint density at radius 2 is 2.00 bits per heavy atom. The molecule has 0 radical (unpaired) electrons. The van der Waals surface area contributed by atoms with E-state index in [4.69, 9.17) is 0 Å². The van der Waals surface area contributed by atoms with Crippen LogP contribution >= 0.6 is 0 Å². The lowest BCUT2D eigenvalue weighted by Crippen LogP contribution is -2.28. The first kappa shape index (κ1) is 17.9. The van der Waals surface area contributed by atoms with Crippen molar-refractivity contribution in [2.45, 2.75) is 26.7 Å². The first-order valence-corrected chi connectivity index (χ1v) is 8.94. The molecular weight excluding hydrogens is 322 g/mol. The molecule has 0 unspecified atom stereocenters. The zero-order valence-corrected chi connectivity index (χ0v) is 15.4. The molecule has 0 spiro atoms. The maximum absolute atomic E-state index is 12.2. The Labute approximate surface area is 154 Å². The summed E-state index contributed by atoms with van der Waals surface area (Å²) in [5, 5.41) is 9.79. The van der Waals surface area contributed by atoms with E-state index in [0.29, 0.717) is 5.92 Å². The predicted molar refractivity (Wildman–Crippen MR) is 109 cm³/mol. The summed E-state index contributed by atoms with van der Waals surface area (Å²) in [5.41, 5.74) is 6.84. The fourth-order valence-electron chi connectivity index (χ4n) is 3.15. The van der Waals surface area contributed by atoms with Gasteiger partial charge in [-0.1, -0.05) is 54.6 Å². The van der Waals surface area contributed by atoms with Gasteiger partial charge in [-0.25, -0.2) is 5.43 Å². The number of anilines is 1. The molecule has 4 nitrogen and oxygen atoms in total. The molecule has 0 bridgehead atoms. The van der Waals surface area contributed by atoms with Crippen LogP contribution in [0.25, 0.3) is 10.8 Å². The van der Waals surface area contributed by atoms with Gasteiger partial charge in [0.05, 0.1) is 12.3 Å². The number of allylic oxidation sites excluding steroid dienone is 3. The van der Waals surface area contributed by atoms with Crippen LogP contribution in [0, 0.1) is 5.92 Å². The first-order chi connectivity index (χ1) is 12.5. The van der Waals surface area contributed by atoms with Crippen molar-refractivity contribution >= 4 is 28.1 Å². The second kappa shape index (κ2) is 8.00. The van der Waals surface area contributed by atoms with Crippen molar-refractivity contribution in [3.63, 3.8) is 0 Å². The first-order valence-electron chi connectivity index (χ1n) is 8.94. The van der Waals surface area contributed by atoms with Crippen molar-refractivity contribution in [2.75, 3.05) is 11.9 Å². The lowest BCUT2D eigenvalue weighted by atomic mass is 9.85. The highest BCUT2D eigenvalue weighted by atomic mass is 16.2. The van der Waals surface area contributed by atoms with E-state index in [1.54, 1.807) is 0 Å². The van der Waals surface area contributed by atoms with Gasteiger partial charge >= 0.3 is 0 Å². The highest BCUT2D eigenvalue weighted by molar-refractivity contribution is 6.01. The molecule has 0 aromatic heterocycles. The summed E-state index contributed by atoms with van der Waals surface area (Å²) in [6.07, 6.45) is 3.99. The number of fused-ring (bicyclic) bond motifs is 1. The summed E-state index contributed by atoms with van der Waals surface area (Å²) in [5.74, 6) is 0.249. The maximum Gasteiger partial charge on any atom is 0.259 e. The zero-order valence-electron chi connectivity index (χ0n) is 15.4. The van der Waals surface area contributed by atoms with Gasteiger partial charge in [-0.3, -0.25) is 4.79 Å². The number of hydrazone groups is 1. The van der Waals surface area contributed by atoms with Crippen LogP contribution in [0.1, 0.15) is 26.7 Å². The molecular formula is C22H25N3O. The van der Waals surface area contributed by atoms with Gasteiger partial charge in [0.2, 0.25) is 0 Å². The van der Waals surface area contributed by atoms with Crippen molar-refractivity contribution < 1.29 is 4.79 Å². The van der Waals surface area contributed by atoms with E-state index in [-0.39, 0.29) is 12.5 Å². The minimum absolute atomic E-state index is 0.157. The third-order valence-corrected chi connectivity index (χ3v) is 4.85. The summed E-state index contributed by atoms with van der Waals surface area (Å²) in [6.45, 7) is 8.30. The van der Waals surface area contributed by atoms with E-state index >= 15 is 0 Å². The van der Waals surface area contributed by atoms with Crippen molar-refractivity contribution in [1.82, 2.24) is 5.43 Å². The molecule has 1 aliphatic rings. The van der Waals surface area contributed by atoms with E-state index in [1.807, 2.05) is 44.2 Å². The largest absolute Gasteiger partial charge is 0.376 e. The van der Waals surface area contributed by atoms with Crippen molar-refractivity contribution in [3.05, 3.63) is 66.3 Å². The van der Waals surface area contributed by atoms with Gasteiger partial charge < -0.3 is 5.32 Å². The fraction of sp³-hybridized carbons (Fsp3) is 0.273. The topological polar surface area (TPSA) is 53.5 Å². The molecule has 0 heterocycles. The SMILES string of the molecule is C=C(C)[C@@H]1CC=C(C)C(=NNC(=O)CNc2cccc3ccccc23)C1. The van der Waals surface area contributed by atoms with Gasteiger partial charge in [0.1, 0.15) is 0 Å². The monoisotopic (exact) mass is 347 g/mol. The molecule has 3 rings (SSSR count). The van der Waals surface area contributed by atoms with E-state index in [9.17, 15) is 4.79 Å². The minimum Gasteiger partial charge on any atom is -0.376 e. The van der Waals surface area contributed by atoms with Crippen molar-refractivity contribution in [3.8, 4) is 0 Å². The van der Waals surface area contributed by atoms with E-state index in [0.717, 1.165) is 46.2 Å². The van der Waals surface area contributed by atoms with E-state index < -0.39 is 0 Å². The van der Waals surface area contributed by atoms with Gasteiger partial charge in [0, 0.05) is 11.1 Å². The summed E-state index contributed by atoms with van der Waals surface area (Å²) < 4.78 is 0. The smallest absolute Gasteiger partial charge is 0.259 e. The average molecular weight is 347 g/mol. The third kappa shape index (κ3) is 4.20. The summed E-state index contributed by atoms with van der Waals surface area (Å²) in [4.78, 5) is 12.2. The maximum atomic E-state index is 12.2. The Kier molecular flexibility index (Phi) is 5.52. The fourth-order valence-corrected chi connectivity index (χ4v) is 3.15. The second-order valence-electron chi connectivity index (χ2n) is 6.84. The number of hydrogen-bond acceptors (Lipinski definition) is 3. The number of nitrogens with one attached hydrogen (secondary N) is 2. The molecule has 0 fully saturated rings. The molecule has 26 heavy (non-hydrogen) atoms. The number of rotatable bonds is 5. The van der Waals surface area contributed by atoms with Gasteiger partial charge in [-0.15, -0.1) is 0 Å². The van der Waals surface area contributed by atoms with Crippen molar-refractivity contribution in [2.24, 2.45) is 11.0 Å². The number of benzene rings is 2. The number of nitrogens with zero attached hydrogens (tertiary/aromatic N) is 1. The molecule has 1 amide bonds. The van der Waals surface area contributed by atoms with E-state index in [1.165, 1.54) is 0 Å². The molecule has 2 aromatic rings. The molecule has 2 aromatic carbocycles. The zero-order chi connectivity index (χ0) is 18.5. The van der Waals surface area contributed by atoms with Gasteiger partial charge in [0.15, 0.2) is 0 Å². The number of carbonyl (C=O) groups excluding carboxylic acids is 1. The summed E-state index contributed by atoms with van der Waals surface area (Å²) in [7, 11) is 0. The highest BCUT2D eigenvalue weighted by Gasteiger charge is 2.18. The van der Waals surface area contributed by atoms with Gasteiger partial charge in [0.25, 0.3) is 5.91 Å². The van der Waals surface area contributed by atoms with Crippen LogP contribution in [0.3, 0.4) is 0 Å². The normalized spacial score (nSPS) is 18.5. The van der Waals surface area contributed by atoms with Gasteiger partial charge in [-0.2, -0.15) is 5.10 Å². The lowest BCUT2D eigenvalue weighted by Gasteiger charge is -2.22. The molecule has 0 saturated heterocycles. The van der Waals surface area contributed by atoms with Gasteiger partial charge in [-0.05, 0) is 49.6 Å². The van der Waals surface area contributed by atoms with Crippen LogP contribution in [-0.4, -0.2) is 18.2 Å². The van der Waals surface area contributed by atoms with Crippen LogP contribution in [-0.2, 0) is 4.79 Å². The summed E-state index contributed by atoms with van der Waals surface area (Å²) in [6, 6.07) is 14.1. The highest BCUT2D eigenvalue weighted by Crippen LogP contribution is 2.26. The quantitative estimate of drug-likeness (QED) is 0.611. The number of amides is 1. The van der Waals surface area contributed by atoms with Crippen LogP contribution < -0.4 is 10.7 Å². The Bertz CT molecular complexity index is 890. The Hall–Kier alpha value is -2.88. The summed E-state index contributed by atoms with van der Waals surface area (Å²) >= 11 is 0. The predicted octanol–water partition coefficient (Wildman–Crippen LogP) is 4.66. The lowest BCUT2D eigenvalue weighted by molar-refractivity contribution is -0.119. The number of carbonyl (C=O) groups is 1. The average Bonchev–Trinajstić information content (AvgIpc) is 2.65. The van der Waals surface area contributed by atoms with Crippen molar-refractivity contribution in [1.29, 1.82) is 0 Å². The Morgan fingerprint density at radius 1 is 1.23 bits per heavy atom. The molecule has 4 heteroatoms.